The van der Waals surface area contributed by atoms with E-state index in [-0.39, 0.29) is 0 Å². The van der Waals surface area contributed by atoms with E-state index < -0.39 is 5.41 Å². The minimum Gasteiger partial charge on any atom is -0.208 e. The van der Waals surface area contributed by atoms with Crippen molar-refractivity contribution in [3.05, 3.63) is 222 Å². The molecule has 0 N–H and O–H groups in total. The summed E-state index contributed by atoms with van der Waals surface area (Å²) in [4.78, 5) is 17.5. The molecule has 3 nitrogen and oxygen atoms in total. The van der Waals surface area contributed by atoms with Gasteiger partial charge in [0.05, 0.1) is 5.41 Å². The Morgan fingerprint density at radius 1 is 0.310 bits per heavy atom. The van der Waals surface area contributed by atoms with Crippen LogP contribution in [0.15, 0.2) is 210 Å². The lowest BCUT2D eigenvalue weighted by atomic mass is 9.66. The zero-order chi connectivity index (χ0) is 38.2. The molecule has 2 heterocycles. The molecule has 12 rings (SSSR count). The second-order valence-corrected chi connectivity index (χ2v) is 16.1. The molecule has 0 bridgehead atoms. The Labute approximate surface area is 340 Å². The van der Waals surface area contributed by atoms with Crippen molar-refractivity contribution < 1.29 is 0 Å². The fourth-order valence-corrected chi connectivity index (χ4v) is 10.8. The molecule has 0 saturated carbocycles. The first-order chi connectivity index (χ1) is 28.7. The molecule has 0 atom stereocenters. The summed E-state index contributed by atoms with van der Waals surface area (Å²) in [5.41, 5.74) is 12.6. The Kier molecular flexibility index (Phi) is 7.38. The summed E-state index contributed by atoms with van der Waals surface area (Å²) in [6, 6.07) is 72.3. The molecular weight excluding hydrogens is 723 g/mol. The van der Waals surface area contributed by atoms with Crippen LogP contribution >= 0.6 is 11.8 Å². The molecule has 0 unspecified atom stereocenters. The molecule has 0 fully saturated rings. The molecule has 1 aliphatic carbocycles. The number of fused-ring (bicyclic) bond motifs is 13. The quantitative estimate of drug-likeness (QED) is 0.179. The second-order valence-electron chi connectivity index (χ2n) is 15.1. The molecule has 9 aromatic carbocycles. The first kappa shape index (κ1) is 33.0. The van der Waals surface area contributed by atoms with Gasteiger partial charge >= 0.3 is 0 Å². The number of hydrogen-bond donors (Lipinski definition) is 0. The predicted octanol–water partition coefficient (Wildman–Crippen LogP) is 13.7. The van der Waals surface area contributed by atoms with Crippen LogP contribution in [-0.4, -0.2) is 15.0 Å². The monoisotopic (exact) mass is 755 g/mol. The summed E-state index contributed by atoms with van der Waals surface area (Å²) in [6.45, 7) is 0. The molecule has 0 amide bonds. The maximum absolute atomic E-state index is 4.99. The Bertz CT molecular complexity index is 3110. The van der Waals surface area contributed by atoms with Crippen LogP contribution in [0.2, 0.25) is 0 Å². The number of rotatable bonds is 4. The summed E-state index contributed by atoms with van der Waals surface area (Å²) in [7, 11) is 0. The molecule has 0 saturated heterocycles. The third kappa shape index (κ3) is 4.92. The lowest BCUT2D eigenvalue weighted by Crippen LogP contribution is -2.32. The van der Waals surface area contributed by atoms with Gasteiger partial charge in [-0.1, -0.05) is 206 Å². The van der Waals surface area contributed by atoms with Gasteiger partial charge in [-0.25, -0.2) is 15.0 Å². The molecule has 1 aliphatic heterocycles. The predicted molar refractivity (Wildman–Crippen MR) is 238 cm³/mol. The van der Waals surface area contributed by atoms with Crippen molar-refractivity contribution in [1.29, 1.82) is 0 Å². The Hall–Kier alpha value is -7.14. The van der Waals surface area contributed by atoms with Crippen molar-refractivity contribution in [3.63, 3.8) is 0 Å². The first-order valence-corrected chi connectivity index (χ1v) is 20.5. The van der Waals surface area contributed by atoms with Gasteiger partial charge < -0.3 is 0 Å². The van der Waals surface area contributed by atoms with Crippen molar-refractivity contribution in [2.75, 3.05) is 0 Å². The fraction of sp³-hybridized carbons (Fsp3) is 0.0185. The standard InChI is InChI=1S/C54H33N3S/c1-3-15-37(16-4-1)51-55-52(38-17-5-2-6-18-38)57-53(56-51)39-25-23-34(24-26-39)40-27-30-44-43-21-11-12-22-45(43)54(48(44)33-40)46-31-28-35-13-7-9-19-41(35)49(46)58-50-42-20-10-8-14-36(42)29-32-47(50)54/h1-33H. The van der Waals surface area contributed by atoms with Gasteiger partial charge in [-0.2, -0.15) is 0 Å². The second kappa shape index (κ2) is 13.0. The van der Waals surface area contributed by atoms with Crippen LogP contribution in [0.1, 0.15) is 22.3 Å². The number of aromatic nitrogens is 3. The topological polar surface area (TPSA) is 38.7 Å². The molecule has 58 heavy (non-hydrogen) atoms. The van der Waals surface area contributed by atoms with Gasteiger partial charge in [0.2, 0.25) is 0 Å². The van der Waals surface area contributed by atoms with Crippen LogP contribution in [0.25, 0.3) is 78.0 Å². The molecule has 270 valence electrons. The van der Waals surface area contributed by atoms with Gasteiger partial charge in [0.25, 0.3) is 0 Å². The summed E-state index contributed by atoms with van der Waals surface area (Å²) in [6.07, 6.45) is 0. The summed E-state index contributed by atoms with van der Waals surface area (Å²) in [5, 5.41) is 5.12. The summed E-state index contributed by atoms with van der Waals surface area (Å²) < 4.78 is 0. The molecular formula is C54H33N3S. The molecule has 4 heteroatoms. The van der Waals surface area contributed by atoms with Crippen LogP contribution < -0.4 is 0 Å². The highest BCUT2D eigenvalue weighted by atomic mass is 32.2. The lowest BCUT2D eigenvalue weighted by Gasteiger charge is -2.40. The largest absolute Gasteiger partial charge is 0.208 e. The number of nitrogens with zero attached hydrogens (tertiary/aromatic N) is 3. The van der Waals surface area contributed by atoms with Crippen LogP contribution in [0.4, 0.5) is 0 Å². The van der Waals surface area contributed by atoms with E-state index in [4.69, 9.17) is 15.0 Å². The van der Waals surface area contributed by atoms with Crippen molar-refractivity contribution >= 4 is 33.3 Å². The van der Waals surface area contributed by atoms with Gasteiger partial charge in [0.15, 0.2) is 17.5 Å². The van der Waals surface area contributed by atoms with E-state index in [1.54, 1.807) is 0 Å². The van der Waals surface area contributed by atoms with E-state index in [1.165, 1.54) is 70.3 Å². The van der Waals surface area contributed by atoms with Gasteiger partial charge in [-0.3, -0.25) is 0 Å². The van der Waals surface area contributed by atoms with Gasteiger partial charge in [-0.05, 0) is 72.1 Å². The van der Waals surface area contributed by atoms with Crippen molar-refractivity contribution in [3.8, 4) is 56.4 Å². The number of benzene rings is 9. The molecule has 2 aliphatic rings. The molecule has 0 radical (unpaired) electrons. The van der Waals surface area contributed by atoms with Crippen LogP contribution in [0.5, 0.6) is 0 Å². The van der Waals surface area contributed by atoms with Crippen molar-refractivity contribution in [2.24, 2.45) is 0 Å². The zero-order valence-electron chi connectivity index (χ0n) is 31.3. The van der Waals surface area contributed by atoms with E-state index in [0.29, 0.717) is 17.5 Å². The smallest absolute Gasteiger partial charge is 0.164 e. The van der Waals surface area contributed by atoms with Gasteiger partial charge in [0.1, 0.15) is 0 Å². The SMILES string of the molecule is c1ccc(-c2nc(-c3ccccc3)nc(-c3ccc(-c4ccc5c(c4)C4(c6ccccc6-5)c5ccc6ccccc6c5Sc5c4ccc4ccccc54)cc3)n2)cc1. The number of hydrogen-bond acceptors (Lipinski definition) is 4. The van der Waals surface area contributed by atoms with E-state index in [1.807, 2.05) is 72.4 Å². The fourth-order valence-electron chi connectivity index (χ4n) is 9.33. The van der Waals surface area contributed by atoms with Crippen molar-refractivity contribution in [2.45, 2.75) is 15.2 Å². The van der Waals surface area contributed by atoms with E-state index in [9.17, 15) is 0 Å². The minimum atomic E-state index is -0.502. The molecule has 10 aromatic rings. The van der Waals surface area contributed by atoms with Crippen LogP contribution in [-0.2, 0) is 5.41 Å². The highest BCUT2D eigenvalue weighted by molar-refractivity contribution is 8.00. The minimum absolute atomic E-state index is 0.502. The molecule has 1 aromatic heterocycles. The van der Waals surface area contributed by atoms with E-state index in [0.717, 1.165) is 22.3 Å². The normalized spacial score (nSPS) is 13.2. The Morgan fingerprint density at radius 2 is 0.759 bits per heavy atom. The Balaban J connectivity index is 1.05. The van der Waals surface area contributed by atoms with Gasteiger partial charge in [-0.15, -0.1) is 0 Å². The average molecular weight is 756 g/mol. The highest BCUT2D eigenvalue weighted by Gasteiger charge is 2.51. The third-order valence-corrected chi connectivity index (χ3v) is 13.3. The summed E-state index contributed by atoms with van der Waals surface area (Å²) >= 11 is 1.93. The van der Waals surface area contributed by atoms with E-state index in [2.05, 4.69) is 140 Å². The maximum Gasteiger partial charge on any atom is 0.164 e. The first-order valence-electron chi connectivity index (χ1n) is 19.7. The van der Waals surface area contributed by atoms with Crippen molar-refractivity contribution in [1.82, 2.24) is 15.0 Å². The Morgan fingerprint density at radius 3 is 1.34 bits per heavy atom. The van der Waals surface area contributed by atoms with Crippen LogP contribution in [0.3, 0.4) is 0 Å². The summed E-state index contributed by atoms with van der Waals surface area (Å²) in [5.74, 6) is 1.96. The maximum atomic E-state index is 4.99. The van der Waals surface area contributed by atoms with Crippen LogP contribution in [0, 0.1) is 0 Å². The molecule has 1 spiro atoms. The lowest BCUT2D eigenvalue weighted by molar-refractivity contribution is 0.729. The third-order valence-electron chi connectivity index (χ3n) is 12.0. The van der Waals surface area contributed by atoms with Gasteiger partial charge in [0, 0.05) is 26.5 Å². The van der Waals surface area contributed by atoms with E-state index >= 15 is 0 Å². The zero-order valence-corrected chi connectivity index (χ0v) is 32.1. The average Bonchev–Trinajstić information content (AvgIpc) is 3.59. The highest BCUT2D eigenvalue weighted by Crippen LogP contribution is 2.64.